The molecule has 3 heteroatoms. The summed E-state index contributed by atoms with van der Waals surface area (Å²) in [5.74, 6) is 0. The molecule has 128 valence electrons. The van der Waals surface area contributed by atoms with E-state index in [9.17, 15) is 4.79 Å². The van der Waals surface area contributed by atoms with Gasteiger partial charge in [-0.05, 0) is 47.9 Å². The molecule has 26 heavy (non-hydrogen) atoms. The molecule has 0 bridgehead atoms. The average molecular weight is 340 g/mol. The number of aryl methyl sites for hydroxylation is 2. The molecule has 0 N–H and O–H groups in total. The normalized spacial score (nSPS) is 11.0. The third-order valence-electron chi connectivity index (χ3n) is 4.74. The van der Waals surface area contributed by atoms with Crippen LogP contribution in [0.3, 0.4) is 0 Å². The van der Waals surface area contributed by atoms with Gasteiger partial charge in [0, 0.05) is 11.6 Å². The molecule has 0 aliphatic carbocycles. The minimum atomic E-state index is -0.0876. The third kappa shape index (κ3) is 3.16. The fraction of sp³-hybridized carbons (Fsp3) is 0.130. The fourth-order valence-electron chi connectivity index (χ4n) is 3.20. The van der Waals surface area contributed by atoms with E-state index < -0.39 is 0 Å². The maximum atomic E-state index is 12.3. The molecule has 3 aromatic carbocycles. The van der Waals surface area contributed by atoms with Gasteiger partial charge in [-0.15, -0.1) is 0 Å². The van der Waals surface area contributed by atoms with Crippen LogP contribution in [-0.4, -0.2) is 9.78 Å². The van der Waals surface area contributed by atoms with E-state index in [4.69, 9.17) is 0 Å². The standard InChI is InChI=1S/C23H20N2O/c1-16-7-8-17(2)21(13-16)15-25-23(26)12-11-22(24-25)20-10-9-18-5-3-4-6-19(18)14-20/h3-14H,15H2,1-2H3. The number of nitrogens with zero attached hydrogens (tertiary/aromatic N) is 2. The van der Waals surface area contributed by atoms with Crippen molar-refractivity contribution >= 4 is 10.8 Å². The Morgan fingerprint density at radius 1 is 0.846 bits per heavy atom. The minimum absolute atomic E-state index is 0.0876. The van der Waals surface area contributed by atoms with Crippen molar-refractivity contribution < 1.29 is 0 Å². The van der Waals surface area contributed by atoms with E-state index in [1.54, 1.807) is 16.8 Å². The van der Waals surface area contributed by atoms with Crippen molar-refractivity contribution in [2.24, 2.45) is 0 Å². The largest absolute Gasteiger partial charge is 0.268 e. The molecular formula is C23H20N2O. The lowest BCUT2D eigenvalue weighted by molar-refractivity contribution is 0.640. The molecule has 4 rings (SSSR count). The van der Waals surface area contributed by atoms with Crippen molar-refractivity contribution in [2.75, 3.05) is 0 Å². The summed E-state index contributed by atoms with van der Waals surface area (Å²) in [5, 5.41) is 6.98. The molecule has 0 unspecified atom stereocenters. The summed E-state index contributed by atoms with van der Waals surface area (Å²) >= 11 is 0. The van der Waals surface area contributed by atoms with Gasteiger partial charge in [0.25, 0.3) is 5.56 Å². The zero-order valence-corrected chi connectivity index (χ0v) is 14.9. The summed E-state index contributed by atoms with van der Waals surface area (Å²) in [6.45, 7) is 4.60. The van der Waals surface area contributed by atoms with Crippen LogP contribution >= 0.6 is 0 Å². The molecule has 3 nitrogen and oxygen atoms in total. The summed E-state index contributed by atoms with van der Waals surface area (Å²) in [7, 11) is 0. The van der Waals surface area contributed by atoms with Gasteiger partial charge in [0.15, 0.2) is 0 Å². The molecule has 0 aliphatic rings. The Morgan fingerprint density at radius 3 is 2.50 bits per heavy atom. The van der Waals surface area contributed by atoms with Crippen LogP contribution < -0.4 is 5.56 Å². The maximum absolute atomic E-state index is 12.3. The van der Waals surface area contributed by atoms with Crippen molar-refractivity contribution in [2.45, 2.75) is 20.4 Å². The molecule has 0 amide bonds. The average Bonchev–Trinajstić information content (AvgIpc) is 2.66. The second-order valence-corrected chi connectivity index (χ2v) is 6.71. The van der Waals surface area contributed by atoms with Crippen molar-refractivity contribution in [1.29, 1.82) is 0 Å². The van der Waals surface area contributed by atoms with Crippen molar-refractivity contribution in [3.63, 3.8) is 0 Å². The van der Waals surface area contributed by atoms with Crippen LogP contribution in [-0.2, 0) is 6.54 Å². The van der Waals surface area contributed by atoms with Gasteiger partial charge in [-0.1, -0.05) is 60.2 Å². The van der Waals surface area contributed by atoms with Crippen LogP contribution in [0.4, 0.5) is 0 Å². The first-order valence-corrected chi connectivity index (χ1v) is 8.74. The van der Waals surface area contributed by atoms with Crippen LogP contribution in [0.2, 0.25) is 0 Å². The van der Waals surface area contributed by atoms with Crippen LogP contribution in [0.25, 0.3) is 22.0 Å². The summed E-state index contributed by atoms with van der Waals surface area (Å²) < 4.78 is 1.55. The monoisotopic (exact) mass is 340 g/mol. The molecule has 0 spiro atoms. The lowest BCUT2D eigenvalue weighted by atomic mass is 10.0. The predicted molar refractivity (Wildman–Crippen MR) is 106 cm³/mol. The summed E-state index contributed by atoms with van der Waals surface area (Å²) in [6, 6.07) is 24.2. The van der Waals surface area contributed by atoms with Crippen molar-refractivity contribution in [3.8, 4) is 11.3 Å². The topological polar surface area (TPSA) is 34.9 Å². The number of fused-ring (bicyclic) bond motifs is 1. The third-order valence-corrected chi connectivity index (χ3v) is 4.74. The molecule has 0 fully saturated rings. The zero-order valence-electron chi connectivity index (χ0n) is 14.9. The Balaban J connectivity index is 1.75. The van der Waals surface area contributed by atoms with E-state index in [1.165, 1.54) is 21.9 Å². The molecule has 1 heterocycles. The lowest BCUT2D eigenvalue weighted by Gasteiger charge is -2.11. The highest BCUT2D eigenvalue weighted by molar-refractivity contribution is 5.86. The van der Waals surface area contributed by atoms with E-state index in [1.807, 2.05) is 12.1 Å². The smallest absolute Gasteiger partial charge is 0.267 e. The highest BCUT2D eigenvalue weighted by Crippen LogP contribution is 2.22. The van der Waals surface area contributed by atoms with E-state index in [2.05, 4.69) is 67.5 Å². The number of rotatable bonds is 3. The molecule has 0 atom stereocenters. The molecule has 0 radical (unpaired) electrons. The fourth-order valence-corrected chi connectivity index (χ4v) is 3.20. The Morgan fingerprint density at radius 2 is 1.65 bits per heavy atom. The first-order valence-electron chi connectivity index (χ1n) is 8.74. The zero-order chi connectivity index (χ0) is 18.1. The molecule has 4 aromatic rings. The summed E-state index contributed by atoms with van der Waals surface area (Å²) in [5.41, 5.74) is 5.20. The number of aromatic nitrogens is 2. The maximum Gasteiger partial charge on any atom is 0.267 e. The Labute approximate surface area is 152 Å². The van der Waals surface area contributed by atoms with Gasteiger partial charge in [-0.25, -0.2) is 4.68 Å². The number of hydrogen-bond acceptors (Lipinski definition) is 2. The highest BCUT2D eigenvalue weighted by atomic mass is 16.1. The summed E-state index contributed by atoms with van der Waals surface area (Å²) in [6.07, 6.45) is 0. The second kappa shape index (κ2) is 6.60. The lowest BCUT2D eigenvalue weighted by Crippen LogP contribution is -2.23. The van der Waals surface area contributed by atoms with Crippen LogP contribution in [0, 0.1) is 13.8 Å². The van der Waals surface area contributed by atoms with E-state index in [-0.39, 0.29) is 5.56 Å². The first kappa shape index (κ1) is 16.3. The van der Waals surface area contributed by atoms with Crippen molar-refractivity contribution in [1.82, 2.24) is 9.78 Å². The SMILES string of the molecule is Cc1ccc(C)c(Cn2nc(-c3ccc4ccccc4c3)ccc2=O)c1. The highest BCUT2D eigenvalue weighted by Gasteiger charge is 2.07. The Kier molecular flexibility index (Phi) is 4.13. The van der Waals surface area contributed by atoms with Crippen LogP contribution in [0.1, 0.15) is 16.7 Å². The Hall–Kier alpha value is -3.20. The molecule has 0 saturated heterocycles. The molecule has 1 aromatic heterocycles. The molecule has 0 aliphatic heterocycles. The van der Waals surface area contributed by atoms with E-state index >= 15 is 0 Å². The van der Waals surface area contributed by atoms with Gasteiger partial charge in [0.1, 0.15) is 0 Å². The molecular weight excluding hydrogens is 320 g/mol. The van der Waals surface area contributed by atoms with Crippen LogP contribution in [0.15, 0.2) is 77.6 Å². The van der Waals surface area contributed by atoms with Crippen LogP contribution in [0.5, 0.6) is 0 Å². The quantitative estimate of drug-likeness (QED) is 0.540. The van der Waals surface area contributed by atoms with Gasteiger partial charge < -0.3 is 0 Å². The van der Waals surface area contributed by atoms with Gasteiger partial charge in [0.2, 0.25) is 0 Å². The minimum Gasteiger partial charge on any atom is -0.268 e. The van der Waals surface area contributed by atoms with E-state index in [0.29, 0.717) is 6.54 Å². The van der Waals surface area contributed by atoms with Gasteiger partial charge in [-0.3, -0.25) is 4.79 Å². The predicted octanol–water partition coefficient (Wildman–Crippen LogP) is 4.73. The first-order chi connectivity index (χ1) is 12.6. The van der Waals surface area contributed by atoms with Gasteiger partial charge in [-0.2, -0.15) is 5.10 Å². The molecule has 0 saturated carbocycles. The number of hydrogen-bond donors (Lipinski definition) is 0. The van der Waals surface area contributed by atoms with E-state index in [0.717, 1.165) is 16.8 Å². The Bertz CT molecular complexity index is 1160. The second-order valence-electron chi connectivity index (χ2n) is 6.71. The van der Waals surface area contributed by atoms with Gasteiger partial charge >= 0.3 is 0 Å². The van der Waals surface area contributed by atoms with Crippen molar-refractivity contribution in [3.05, 3.63) is 99.8 Å². The van der Waals surface area contributed by atoms with Gasteiger partial charge in [0.05, 0.1) is 12.2 Å². The number of benzene rings is 3. The summed E-state index contributed by atoms with van der Waals surface area (Å²) in [4.78, 5) is 12.3.